The van der Waals surface area contributed by atoms with Crippen molar-refractivity contribution in [1.29, 1.82) is 0 Å². The maximum absolute atomic E-state index is 11.8. The molecular formula is C18H18O2. The molecule has 0 saturated carbocycles. The van der Waals surface area contributed by atoms with Gasteiger partial charge in [-0.05, 0) is 35.3 Å². The molecule has 1 N–H and O–H groups in total. The summed E-state index contributed by atoms with van der Waals surface area (Å²) in [6.07, 6.45) is 2.55. The predicted molar refractivity (Wildman–Crippen MR) is 81.2 cm³/mol. The van der Waals surface area contributed by atoms with Crippen LogP contribution in [0.4, 0.5) is 0 Å². The van der Waals surface area contributed by atoms with Gasteiger partial charge in [-0.1, -0.05) is 54.6 Å². The number of aliphatic hydroxyl groups is 1. The number of hydrogen-bond donors (Lipinski definition) is 1. The summed E-state index contributed by atoms with van der Waals surface area (Å²) in [5.74, 6) is 0.0834. The lowest BCUT2D eigenvalue weighted by molar-refractivity contribution is -0.113. The van der Waals surface area contributed by atoms with Crippen molar-refractivity contribution >= 4 is 11.9 Å². The Morgan fingerprint density at radius 2 is 1.65 bits per heavy atom. The Labute approximate surface area is 119 Å². The zero-order chi connectivity index (χ0) is 14.4. The van der Waals surface area contributed by atoms with Crippen LogP contribution in [0.25, 0.3) is 6.08 Å². The molecule has 0 atom stereocenters. The molecule has 2 heteroatoms. The molecule has 0 aliphatic carbocycles. The third-order valence-corrected chi connectivity index (χ3v) is 3.19. The molecule has 0 fully saturated rings. The van der Waals surface area contributed by atoms with Crippen LogP contribution >= 0.6 is 0 Å². The number of ketones is 1. The van der Waals surface area contributed by atoms with Crippen LogP contribution in [0.3, 0.4) is 0 Å². The molecule has 0 bridgehead atoms. The van der Waals surface area contributed by atoms with E-state index in [0.29, 0.717) is 6.42 Å². The van der Waals surface area contributed by atoms with Crippen molar-refractivity contribution in [2.45, 2.75) is 20.0 Å². The molecule has 0 heterocycles. The first-order valence-electron chi connectivity index (χ1n) is 6.64. The molecular weight excluding hydrogens is 248 g/mol. The Kier molecular flexibility index (Phi) is 4.85. The summed E-state index contributed by atoms with van der Waals surface area (Å²) in [5, 5.41) is 9.02. The number of hydrogen-bond acceptors (Lipinski definition) is 2. The Morgan fingerprint density at radius 3 is 2.20 bits per heavy atom. The van der Waals surface area contributed by atoms with Gasteiger partial charge in [0.25, 0.3) is 0 Å². The summed E-state index contributed by atoms with van der Waals surface area (Å²) in [7, 11) is 0. The Morgan fingerprint density at radius 1 is 1.00 bits per heavy atom. The lowest BCUT2D eigenvalue weighted by atomic mass is 9.99. The van der Waals surface area contributed by atoms with E-state index in [0.717, 1.165) is 22.3 Å². The number of benzene rings is 2. The Bertz CT molecular complexity index is 595. The average molecular weight is 266 g/mol. The lowest BCUT2D eigenvalue weighted by Crippen LogP contribution is -2.00. The summed E-state index contributed by atoms with van der Waals surface area (Å²) < 4.78 is 0. The second kappa shape index (κ2) is 6.83. The first kappa shape index (κ1) is 14.2. The Balaban J connectivity index is 2.23. The molecule has 2 nitrogen and oxygen atoms in total. The van der Waals surface area contributed by atoms with E-state index in [-0.39, 0.29) is 12.4 Å². The fourth-order valence-corrected chi connectivity index (χ4v) is 2.01. The van der Waals surface area contributed by atoms with Gasteiger partial charge in [-0.3, -0.25) is 4.79 Å². The minimum Gasteiger partial charge on any atom is -0.392 e. The van der Waals surface area contributed by atoms with Crippen molar-refractivity contribution in [3.63, 3.8) is 0 Å². The normalized spacial score (nSPS) is 11.4. The van der Waals surface area contributed by atoms with Crippen LogP contribution in [-0.4, -0.2) is 10.9 Å². The van der Waals surface area contributed by atoms with E-state index in [1.54, 1.807) is 6.92 Å². The van der Waals surface area contributed by atoms with Gasteiger partial charge in [0, 0.05) is 6.42 Å². The van der Waals surface area contributed by atoms with Crippen LogP contribution in [-0.2, 0) is 17.8 Å². The SMILES string of the molecule is CC(=O)C(=Cc1ccc(CO)cc1)Cc1ccccc1. The van der Waals surface area contributed by atoms with Crippen molar-refractivity contribution in [2.24, 2.45) is 0 Å². The highest BCUT2D eigenvalue weighted by Gasteiger charge is 2.05. The summed E-state index contributed by atoms with van der Waals surface area (Å²) >= 11 is 0. The highest BCUT2D eigenvalue weighted by Crippen LogP contribution is 2.14. The fourth-order valence-electron chi connectivity index (χ4n) is 2.01. The van der Waals surface area contributed by atoms with Gasteiger partial charge in [-0.15, -0.1) is 0 Å². The number of rotatable bonds is 5. The number of aliphatic hydroxyl groups excluding tert-OH is 1. The molecule has 2 rings (SSSR count). The maximum Gasteiger partial charge on any atom is 0.156 e. The van der Waals surface area contributed by atoms with Crippen molar-refractivity contribution in [3.05, 3.63) is 76.9 Å². The number of carbonyl (C=O) groups excluding carboxylic acids is 1. The van der Waals surface area contributed by atoms with Crippen LogP contribution < -0.4 is 0 Å². The van der Waals surface area contributed by atoms with Gasteiger partial charge < -0.3 is 5.11 Å². The van der Waals surface area contributed by atoms with E-state index in [1.165, 1.54) is 0 Å². The van der Waals surface area contributed by atoms with Gasteiger partial charge in [0.1, 0.15) is 0 Å². The summed E-state index contributed by atoms with van der Waals surface area (Å²) in [4.78, 5) is 11.8. The molecule has 2 aromatic rings. The highest BCUT2D eigenvalue weighted by atomic mass is 16.3. The molecule has 0 aliphatic rings. The molecule has 2 aromatic carbocycles. The molecule has 0 radical (unpaired) electrons. The predicted octanol–water partition coefficient (Wildman–Crippen LogP) is 3.39. The quantitative estimate of drug-likeness (QED) is 0.842. The van der Waals surface area contributed by atoms with E-state index in [4.69, 9.17) is 5.11 Å². The van der Waals surface area contributed by atoms with E-state index >= 15 is 0 Å². The molecule has 102 valence electrons. The minimum absolute atomic E-state index is 0.0353. The van der Waals surface area contributed by atoms with Gasteiger partial charge in [-0.2, -0.15) is 0 Å². The van der Waals surface area contributed by atoms with Gasteiger partial charge in [0.05, 0.1) is 6.61 Å². The smallest absolute Gasteiger partial charge is 0.156 e. The zero-order valence-electron chi connectivity index (χ0n) is 11.5. The lowest BCUT2D eigenvalue weighted by Gasteiger charge is -2.05. The third-order valence-electron chi connectivity index (χ3n) is 3.19. The molecule has 0 spiro atoms. The molecule has 20 heavy (non-hydrogen) atoms. The van der Waals surface area contributed by atoms with Gasteiger partial charge in [0.15, 0.2) is 5.78 Å². The van der Waals surface area contributed by atoms with Gasteiger partial charge in [-0.25, -0.2) is 0 Å². The van der Waals surface area contributed by atoms with E-state index in [1.807, 2.05) is 60.7 Å². The van der Waals surface area contributed by atoms with Crippen LogP contribution in [0.1, 0.15) is 23.6 Å². The largest absolute Gasteiger partial charge is 0.392 e. The first-order chi connectivity index (χ1) is 9.69. The molecule has 0 saturated heterocycles. The topological polar surface area (TPSA) is 37.3 Å². The monoisotopic (exact) mass is 266 g/mol. The van der Waals surface area contributed by atoms with Crippen LogP contribution in [0.5, 0.6) is 0 Å². The van der Waals surface area contributed by atoms with Gasteiger partial charge >= 0.3 is 0 Å². The number of carbonyl (C=O) groups is 1. The molecule has 0 unspecified atom stereocenters. The van der Waals surface area contributed by atoms with Crippen LogP contribution in [0.2, 0.25) is 0 Å². The van der Waals surface area contributed by atoms with Crippen molar-refractivity contribution < 1.29 is 9.90 Å². The zero-order valence-corrected chi connectivity index (χ0v) is 11.5. The maximum atomic E-state index is 11.8. The summed E-state index contributed by atoms with van der Waals surface area (Å²) in [6.45, 7) is 1.63. The number of Topliss-reactive ketones (excluding diaryl/α,β-unsaturated/α-hetero) is 1. The van der Waals surface area contributed by atoms with Crippen molar-refractivity contribution in [1.82, 2.24) is 0 Å². The molecule has 0 aliphatic heterocycles. The second-order valence-corrected chi connectivity index (χ2v) is 4.79. The Hall–Kier alpha value is -2.19. The fraction of sp³-hybridized carbons (Fsp3) is 0.167. The minimum atomic E-state index is 0.0353. The van der Waals surface area contributed by atoms with Crippen LogP contribution in [0.15, 0.2) is 60.2 Å². The summed E-state index contributed by atoms with van der Waals surface area (Å²) in [6, 6.07) is 17.5. The first-order valence-corrected chi connectivity index (χ1v) is 6.64. The molecule has 0 amide bonds. The van der Waals surface area contributed by atoms with Crippen molar-refractivity contribution in [3.8, 4) is 0 Å². The highest BCUT2D eigenvalue weighted by molar-refractivity contribution is 5.98. The van der Waals surface area contributed by atoms with E-state index < -0.39 is 0 Å². The van der Waals surface area contributed by atoms with Gasteiger partial charge in [0.2, 0.25) is 0 Å². The summed E-state index contributed by atoms with van der Waals surface area (Å²) in [5.41, 5.74) is 3.76. The van der Waals surface area contributed by atoms with E-state index in [2.05, 4.69) is 0 Å². The standard InChI is InChI=1S/C18H18O2/c1-14(20)18(11-15-5-3-2-4-6-15)12-16-7-9-17(13-19)10-8-16/h2-10,12,19H,11,13H2,1H3. The average Bonchev–Trinajstić information content (AvgIpc) is 2.48. The van der Waals surface area contributed by atoms with Crippen molar-refractivity contribution in [2.75, 3.05) is 0 Å². The van der Waals surface area contributed by atoms with E-state index in [9.17, 15) is 4.79 Å². The van der Waals surface area contributed by atoms with Crippen LogP contribution in [0, 0.1) is 0 Å². The second-order valence-electron chi connectivity index (χ2n) is 4.79. The number of allylic oxidation sites excluding steroid dienone is 1. The molecule has 0 aromatic heterocycles. The third kappa shape index (κ3) is 3.90.